The van der Waals surface area contributed by atoms with Gasteiger partial charge in [-0.3, -0.25) is 4.98 Å². The van der Waals surface area contributed by atoms with E-state index in [1.807, 2.05) is 37.5 Å². The van der Waals surface area contributed by atoms with Crippen LogP contribution < -0.4 is 4.90 Å². The number of aryl methyl sites for hydroxylation is 1. The van der Waals surface area contributed by atoms with Gasteiger partial charge in [0.05, 0.1) is 37.2 Å². The number of aromatic nitrogens is 3. The Morgan fingerprint density at radius 1 is 1.00 bits per heavy atom. The third-order valence-electron chi connectivity index (χ3n) is 5.42. The lowest BCUT2D eigenvalue weighted by molar-refractivity contribution is -0.193. The standard InChI is InChI=1S/C19H24N4O2.2C2HF3O2/c1-14-10-21-19(22-11-14)23-9-7-18-17(23)6-5-16(25-18)13-24-12-15-4-2-3-8-20-15;2*3-2(4,5)1(6)7/h2-4,8,10-11,16-18H,5-7,9,12-13H2,1H3;2*(H,6,7)/t16-,17-,18-;;/m0../s1. The zero-order valence-corrected chi connectivity index (χ0v) is 20.5. The van der Waals surface area contributed by atoms with Crippen LogP contribution in [0.25, 0.3) is 0 Å². The van der Waals surface area contributed by atoms with Crippen molar-refractivity contribution in [2.45, 2.75) is 63.4 Å². The van der Waals surface area contributed by atoms with Crippen molar-refractivity contribution < 1.29 is 55.6 Å². The number of aliphatic carboxylic acids is 2. The quantitative estimate of drug-likeness (QED) is 0.513. The Labute approximate surface area is 218 Å². The maximum atomic E-state index is 10.6. The van der Waals surface area contributed by atoms with Gasteiger partial charge in [-0.25, -0.2) is 19.6 Å². The maximum Gasteiger partial charge on any atom is 0.490 e. The molecule has 4 heterocycles. The average Bonchev–Trinajstić information content (AvgIpc) is 3.28. The molecule has 2 fully saturated rings. The number of halogens is 6. The molecule has 216 valence electrons. The van der Waals surface area contributed by atoms with Gasteiger partial charge in [-0.2, -0.15) is 26.3 Å². The van der Waals surface area contributed by atoms with Crippen molar-refractivity contribution in [2.24, 2.45) is 0 Å². The molecular formula is C23H26F6N4O6. The number of carboxylic acid groups (broad SMARTS) is 2. The van der Waals surface area contributed by atoms with Crippen LogP contribution in [0, 0.1) is 6.92 Å². The van der Waals surface area contributed by atoms with E-state index in [0.29, 0.717) is 19.3 Å². The Morgan fingerprint density at radius 2 is 1.59 bits per heavy atom. The van der Waals surface area contributed by atoms with Gasteiger partial charge in [-0.05, 0) is 43.9 Å². The van der Waals surface area contributed by atoms with Gasteiger partial charge in [-0.15, -0.1) is 0 Å². The third-order valence-corrected chi connectivity index (χ3v) is 5.42. The second-order valence-corrected chi connectivity index (χ2v) is 8.43. The normalized spacial score (nSPS) is 20.6. The summed E-state index contributed by atoms with van der Waals surface area (Å²) in [5, 5.41) is 14.2. The highest BCUT2D eigenvalue weighted by Crippen LogP contribution is 2.33. The summed E-state index contributed by atoms with van der Waals surface area (Å²) < 4.78 is 75.6. The second kappa shape index (κ2) is 14.0. The van der Waals surface area contributed by atoms with Gasteiger partial charge in [0.2, 0.25) is 5.95 Å². The molecule has 3 atom stereocenters. The van der Waals surface area contributed by atoms with Gasteiger partial charge in [0.1, 0.15) is 0 Å². The predicted octanol–water partition coefficient (Wildman–Crippen LogP) is 3.79. The Kier molecular flexibility index (Phi) is 11.4. The first-order valence-electron chi connectivity index (χ1n) is 11.5. The van der Waals surface area contributed by atoms with E-state index < -0.39 is 24.3 Å². The van der Waals surface area contributed by atoms with Crippen LogP contribution in [0.15, 0.2) is 36.8 Å². The molecule has 0 bridgehead atoms. The van der Waals surface area contributed by atoms with Gasteiger partial charge in [0.25, 0.3) is 0 Å². The number of carboxylic acids is 2. The number of fused-ring (bicyclic) bond motifs is 1. The fourth-order valence-electron chi connectivity index (χ4n) is 3.68. The molecule has 2 saturated heterocycles. The minimum absolute atomic E-state index is 0.170. The number of nitrogens with zero attached hydrogens (tertiary/aromatic N) is 4. The van der Waals surface area contributed by atoms with Gasteiger partial charge in [0.15, 0.2) is 0 Å². The van der Waals surface area contributed by atoms with Crippen LogP contribution in [-0.2, 0) is 25.7 Å². The molecule has 2 aromatic rings. The number of rotatable bonds is 5. The van der Waals surface area contributed by atoms with Gasteiger partial charge >= 0.3 is 24.3 Å². The van der Waals surface area contributed by atoms with E-state index in [0.717, 1.165) is 43.0 Å². The number of anilines is 1. The summed E-state index contributed by atoms with van der Waals surface area (Å²) in [4.78, 5) is 33.3. The lowest BCUT2D eigenvalue weighted by Gasteiger charge is -2.35. The fraction of sp³-hybridized carbons (Fsp3) is 0.522. The molecule has 2 aliphatic rings. The smallest absolute Gasteiger partial charge is 0.475 e. The van der Waals surface area contributed by atoms with E-state index in [1.165, 1.54) is 0 Å². The second-order valence-electron chi connectivity index (χ2n) is 8.43. The van der Waals surface area contributed by atoms with Crippen LogP contribution in [0.1, 0.15) is 30.5 Å². The van der Waals surface area contributed by atoms with Crippen LogP contribution in [0.3, 0.4) is 0 Å². The van der Waals surface area contributed by atoms with Gasteiger partial charge in [0, 0.05) is 25.1 Å². The highest BCUT2D eigenvalue weighted by atomic mass is 19.4. The Hall–Kier alpha value is -3.53. The fourth-order valence-corrected chi connectivity index (χ4v) is 3.68. The van der Waals surface area contributed by atoms with Gasteiger partial charge < -0.3 is 24.6 Å². The number of alkyl halides is 6. The van der Waals surface area contributed by atoms with E-state index >= 15 is 0 Å². The molecule has 10 nitrogen and oxygen atoms in total. The van der Waals surface area contributed by atoms with Crippen molar-refractivity contribution in [1.82, 2.24) is 15.0 Å². The first kappa shape index (κ1) is 31.7. The lowest BCUT2D eigenvalue weighted by Crippen LogP contribution is -2.44. The molecular weight excluding hydrogens is 542 g/mol. The van der Waals surface area contributed by atoms with Crippen LogP contribution >= 0.6 is 0 Å². The predicted molar refractivity (Wildman–Crippen MR) is 122 cm³/mol. The third kappa shape index (κ3) is 10.6. The molecule has 0 spiro atoms. The number of pyridine rings is 1. The van der Waals surface area contributed by atoms with Crippen molar-refractivity contribution in [3.8, 4) is 0 Å². The molecule has 0 radical (unpaired) electrons. The molecule has 39 heavy (non-hydrogen) atoms. The van der Waals surface area contributed by atoms with E-state index in [9.17, 15) is 26.3 Å². The summed E-state index contributed by atoms with van der Waals surface area (Å²) in [5.41, 5.74) is 2.05. The summed E-state index contributed by atoms with van der Waals surface area (Å²) in [6.07, 6.45) is -1.06. The lowest BCUT2D eigenvalue weighted by atomic mass is 9.99. The van der Waals surface area contributed by atoms with Crippen LogP contribution in [0.5, 0.6) is 0 Å². The van der Waals surface area contributed by atoms with Gasteiger partial charge in [-0.1, -0.05) is 6.07 Å². The van der Waals surface area contributed by atoms with Crippen LogP contribution in [0.2, 0.25) is 0 Å². The van der Waals surface area contributed by atoms with Crippen molar-refractivity contribution in [3.63, 3.8) is 0 Å². The van der Waals surface area contributed by atoms with Crippen molar-refractivity contribution >= 4 is 17.9 Å². The van der Waals surface area contributed by atoms with Crippen molar-refractivity contribution in [3.05, 3.63) is 48.0 Å². The summed E-state index contributed by atoms with van der Waals surface area (Å²) in [7, 11) is 0. The number of ether oxygens (including phenoxy) is 2. The minimum Gasteiger partial charge on any atom is -0.475 e. The molecule has 0 unspecified atom stereocenters. The summed E-state index contributed by atoms with van der Waals surface area (Å²) in [5.74, 6) is -4.69. The van der Waals surface area contributed by atoms with E-state index in [1.54, 1.807) is 6.20 Å². The largest absolute Gasteiger partial charge is 0.490 e. The molecule has 2 N–H and O–H groups in total. The van der Waals surface area contributed by atoms with Crippen molar-refractivity contribution in [2.75, 3.05) is 18.1 Å². The minimum atomic E-state index is -5.08. The number of hydrogen-bond acceptors (Lipinski definition) is 8. The summed E-state index contributed by atoms with van der Waals surface area (Å²) in [6, 6.07) is 6.26. The van der Waals surface area contributed by atoms with Crippen LogP contribution in [-0.4, -0.2) is 80.9 Å². The molecule has 0 amide bonds. The average molecular weight is 568 g/mol. The molecule has 0 aliphatic carbocycles. The molecule has 4 rings (SSSR count). The van der Waals surface area contributed by atoms with Crippen molar-refractivity contribution in [1.29, 1.82) is 0 Å². The zero-order chi connectivity index (χ0) is 29.2. The Bertz CT molecular complexity index is 1030. The highest BCUT2D eigenvalue weighted by Gasteiger charge is 2.41. The molecule has 0 saturated carbocycles. The molecule has 2 aliphatic heterocycles. The Balaban J connectivity index is 0.000000317. The SMILES string of the molecule is Cc1cnc(N2CC[C@@H]3O[C@H](COCc4ccccn4)CC[C@@H]32)nc1.O=C(O)C(F)(F)F.O=C(O)C(F)(F)F. The number of hydrogen-bond donors (Lipinski definition) is 2. The summed E-state index contributed by atoms with van der Waals surface area (Å²) in [6.45, 7) is 4.13. The van der Waals surface area contributed by atoms with E-state index in [-0.39, 0.29) is 12.2 Å². The highest BCUT2D eigenvalue weighted by molar-refractivity contribution is 5.73. The molecule has 2 aromatic heterocycles. The molecule has 16 heteroatoms. The first-order chi connectivity index (χ1) is 18.2. The van der Waals surface area contributed by atoms with Crippen LogP contribution in [0.4, 0.5) is 32.3 Å². The number of carbonyl (C=O) groups is 2. The zero-order valence-electron chi connectivity index (χ0n) is 20.5. The Morgan fingerprint density at radius 3 is 2.10 bits per heavy atom. The first-order valence-corrected chi connectivity index (χ1v) is 11.5. The van der Waals surface area contributed by atoms with E-state index in [4.69, 9.17) is 29.3 Å². The summed E-state index contributed by atoms with van der Waals surface area (Å²) >= 11 is 0. The topological polar surface area (TPSA) is 135 Å². The maximum absolute atomic E-state index is 10.6. The monoisotopic (exact) mass is 568 g/mol. The van der Waals surface area contributed by atoms with E-state index in [2.05, 4.69) is 19.9 Å². The molecule has 0 aromatic carbocycles.